The summed E-state index contributed by atoms with van der Waals surface area (Å²) in [5.74, 6) is -0.919. The largest absolute Gasteiger partial charge is 0.369 e. The van der Waals surface area contributed by atoms with Crippen molar-refractivity contribution in [3.05, 3.63) is 23.6 Å². The van der Waals surface area contributed by atoms with Gasteiger partial charge in [-0.05, 0) is 12.5 Å². The molecule has 0 aliphatic rings. The summed E-state index contributed by atoms with van der Waals surface area (Å²) in [4.78, 5) is 14.7. The van der Waals surface area contributed by atoms with E-state index in [0.717, 1.165) is 18.7 Å². The van der Waals surface area contributed by atoms with Crippen LogP contribution in [0, 0.1) is 5.82 Å². The maximum Gasteiger partial charge on any atom is 0.252 e. The normalized spacial score (nSPS) is 9.86. The number of nitrogens with two attached hydrogens (primary N) is 1. The number of nitrogens with zero attached hydrogens (tertiary/aromatic N) is 1. The number of anilines is 1. The highest BCUT2D eigenvalue weighted by molar-refractivity contribution is 5.97. The Morgan fingerprint density at radius 3 is 3.00 bits per heavy atom. The van der Waals surface area contributed by atoms with E-state index in [0.29, 0.717) is 12.4 Å². The molecular formula is C9H12FN3O. The van der Waals surface area contributed by atoms with Crippen LogP contribution in [-0.4, -0.2) is 17.4 Å². The van der Waals surface area contributed by atoms with Crippen molar-refractivity contribution in [3.63, 3.8) is 0 Å². The zero-order valence-corrected chi connectivity index (χ0v) is 7.88. The third-order valence-corrected chi connectivity index (χ3v) is 1.66. The first-order chi connectivity index (χ1) is 6.65. The number of carbonyl (C=O) groups is 1. The maximum absolute atomic E-state index is 12.7. The van der Waals surface area contributed by atoms with Gasteiger partial charge in [0, 0.05) is 6.54 Å². The van der Waals surface area contributed by atoms with Crippen LogP contribution in [0.3, 0.4) is 0 Å². The van der Waals surface area contributed by atoms with Crippen LogP contribution in [0.25, 0.3) is 0 Å². The predicted octanol–water partition coefficient (Wildman–Crippen LogP) is 1.14. The van der Waals surface area contributed by atoms with Gasteiger partial charge in [-0.25, -0.2) is 9.37 Å². The lowest BCUT2D eigenvalue weighted by molar-refractivity contribution is 0.100. The Bertz CT molecular complexity index is 341. The number of aromatic nitrogens is 1. The lowest BCUT2D eigenvalue weighted by Crippen LogP contribution is -2.16. The average Bonchev–Trinajstić information content (AvgIpc) is 2.15. The minimum absolute atomic E-state index is 0.0819. The Kier molecular flexibility index (Phi) is 3.39. The highest BCUT2D eigenvalue weighted by Gasteiger charge is 2.09. The second-order valence-electron chi connectivity index (χ2n) is 2.84. The molecule has 0 fully saturated rings. The molecule has 0 aliphatic carbocycles. The third-order valence-electron chi connectivity index (χ3n) is 1.66. The van der Waals surface area contributed by atoms with Crippen molar-refractivity contribution < 1.29 is 9.18 Å². The van der Waals surface area contributed by atoms with E-state index in [1.165, 1.54) is 0 Å². The second kappa shape index (κ2) is 4.55. The lowest BCUT2D eigenvalue weighted by Gasteiger charge is -2.07. The van der Waals surface area contributed by atoms with Gasteiger partial charge < -0.3 is 11.1 Å². The molecule has 1 heterocycles. The van der Waals surface area contributed by atoms with Crippen LogP contribution in [0.15, 0.2) is 12.3 Å². The van der Waals surface area contributed by atoms with E-state index in [-0.39, 0.29) is 5.56 Å². The molecule has 1 rings (SSSR count). The van der Waals surface area contributed by atoms with Gasteiger partial charge in [0.1, 0.15) is 11.6 Å². The summed E-state index contributed by atoms with van der Waals surface area (Å²) in [6.07, 6.45) is 1.93. The summed E-state index contributed by atoms with van der Waals surface area (Å²) in [5, 5.41) is 2.89. The summed E-state index contributed by atoms with van der Waals surface area (Å²) in [6.45, 7) is 2.64. The molecule has 1 amide bonds. The van der Waals surface area contributed by atoms with Gasteiger partial charge in [0.25, 0.3) is 5.91 Å². The van der Waals surface area contributed by atoms with Gasteiger partial charge in [0.15, 0.2) is 0 Å². The van der Waals surface area contributed by atoms with E-state index in [1.807, 2.05) is 6.92 Å². The average molecular weight is 197 g/mol. The van der Waals surface area contributed by atoms with E-state index in [9.17, 15) is 9.18 Å². The first-order valence-electron chi connectivity index (χ1n) is 4.34. The Labute approximate surface area is 81.3 Å². The van der Waals surface area contributed by atoms with Crippen LogP contribution in [-0.2, 0) is 0 Å². The van der Waals surface area contributed by atoms with E-state index in [4.69, 9.17) is 5.73 Å². The fraction of sp³-hybridized carbons (Fsp3) is 0.333. The van der Waals surface area contributed by atoms with Crippen LogP contribution >= 0.6 is 0 Å². The van der Waals surface area contributed by atoms with Gasteiger partial charge >= 0.3 is 0 Å². The SMILES string of the molecule is CCCNc1ncc(F)cc1C(N)=O. The molecular weight excluding hydrogens is 185 g/mol. The molecule has 3 N–H and O–H groups in total. The lowest BCUT2D eigenvalue weighted by atomic mass is 10.2. The summed E-state index contributed by atoms with van der Waals surface area (Å²) in [6, 6.07) is 1.08. The van der Waals surface area contributed by atoms with E-state index >= 15 is 0 Å². The predicted molar refractivity (Wildman–Crippen MR) is 51.5 cm³/mol. The molecule has 1 aromatic rings. The zero-order valence-electron chi connectivity index (χ0n) is 7.88. The molecule has 0 radical (unpaired) electrons. The minimum Gasteiger partial charge on any atom is -0.369 e. The minimum atomic E-state index is -0.685. The molecule has 76 valence electrons. The van der Waals surface area contributed by atoms with Crippen molar-refractivity contribution in [1.29, 1.82) is 0 Å². The van der Waals surface area contributed by atoms with Crippen molar-refractivity contribution in [2.75, 3.05) is 11.9 Å². The summed E-state index contributed by atoms with van der Waals surface area (Å²) in [5.41, 5.74) is 5.15. The van der Waals surface area contributed by atoms with Gasteiger partial charge in [-0.1, -0.05) is 6.92 Å². The molecule has 1 aromatic heterocycles. The van der Waals surface area contributed by atoms with Gasteiger partial charge in [-0.15, -0.1) is 0 Å². The van der Waals surface area contributed by atoms with Crippen LogP contribution in [0.2, 0.25) is 0 Å². The highest BCUT2D eigenvalue weighted by Crippen LogP contribution is 2.12. The number of rotatable bonds is 4. The van der Waals surface area contributed by atoms with Crippen molar-refractivity contribution in [2.45, 2.75) is 13.3 Å². The number of primary amides is 1. The zero-order chi connectivity index (χ0) is 10.6. The van der Waals surface area contributed by atoms with E-state index in [2.05, 4.69) is 10.3 Å². The Balaban J connectivity index is 2.96. The molecule has 0 aromatic carbocycles. The fourth-order valence-corrected chi connectivity index (χ4v) is 1.01. The standard InChI is InChI=1S/C9H12FN3O/c1-2-3-12-9-7(8(11)14)4-6(10)5-13-9/h4-5H,2-3H2,1H3,(H2,11,14)(H,12,13). The molecule has 0 saturated heterocycles. The Hall–Kier alpha value is -1.65. The molecule has 0 atom stereocenters. The number of hydrogen-bond acceptors (Lipinski definition) is 3. The number of pyridine rings is 1. The van der Waals surface area contributed by atoms with Crippen molar-refractivity contribution in [2.24, 2.45) is 5.73 Å². The van der Waals surface area contributed by atoms with Gasteiger partial charge in [0.05, 0.1) is 11.8 Å². The molecule has 0 bridgehead atoms. The molecule has 0 saturated carbocycles. The van der Waals surface area contributed by atoms with E-state index < -0.39 is 11.7 Å². The second-order valence-corrected chi connectivity index (χ2v) is 2.84. The third kappa shape index (κ3) is 2.42. The van der Waals surface area contributed by atoms with Crippen LogP contribution in [0.4, 0.5) is 10.2 Å². The van der Waals surface area contributed by atoms with Crippen LogP contribution < -0.4 is 11.1 Å². The molecule has 5 heteroatoms. The van der Waals surface area contributed by atoms with Crippen molar-refractivity contribution in [3.8, 4) is 0 Å². The molecule has 0 aliphatic heterocycles. The maximum atomic E-state index is 12.7. The number of halogens is 1. The summed E-state index contributed by atoms with van der Waals surface area (Å²) < 4.78 is 12.7. The fourth-order valence-electron chi connectivity index (χ4n) is 1.01. The van der Waals surface area contributed by atoms with Crippen LogP contribution in [0.1, 0.15) is 23.7 Å². The molecule has 0 unspecified atom stereocenters. The number of amides is 1. The molecule has 14 heavy (non-hydrogen) atoms. The van der Waals surface area contributed by atoms with Crippen molar-refractivity contribution >= 4 is 11.7 Å². The monoisotopic (exact) mass is 197 g/mol. The Morgan fingerprint density at radius 1 is 1.71 bits per heavy atom. The van der Waals surface area contributed by atoms with Gasteiger partial charge in [-0.2, -0.15) is 0 Å². The molecule has 0 spiro atoms. The number of hydrogen-bond donors (Lipinski definition) is 2. The smallest absolute Gasteiger partial charge is 0.252 e. The number of carbonyl (C=O) groups excluding carboxylic acids is 1. The topological polar surface area (TPSA) is 68.0 Å². The Morgan fingerprint density at radius 2 is 2.43 bits per heavy atom. The van der Waals surface area contributed by atoms with Gasteiger partial charge in [-0.3, -0.25) is 4.79 Å². The first-order valence-corrected chi connectivity index (χ1v) is 4.34. The van der Waals surface area contributed by atoms with Crippen molar-refractivity contribution in [1.82, 2.24) is 4.98 Å². The highest BCUT2D eigenvalue weighted by atomic mass is 19.1. The van der Waals surface area contributed by atoms with E-state index in [1.54, 1.807) is 0 Å². The first kappa shape index (κ1) is 10.4. The summed E-state index contributed by atoms with van der Waals surface area (Å²) >= 11 is 0. The van der Waals surface area contributed by atoms with Gasteiger partial charge in [0.2, 0.25) is 0 Å². The number of nitrogens with one attached hydrogen (secondary N) is 1. The quantitative estimate of drug-likeness (QED) is 0.760. The van der Waals surface area contributed by atoms with Crippen LogP contribution in [0.5, 0.6) is 0 Å². The molecule has 4 nitrogen and oxygen atoms in total. The summed E-state index contributed by atoms with van der Waals surface area (Å²) in [7, 11) is 0.